The molecule has 0 spiro atoms. The average molecular weight is 284 g/mol. The highest BCUT2D eigenvalue weighted by Gasteiger charge is 2.26. The Morgan fingerprint density at radius 3 is 1.90 bits per heavy atom. The van der Waals surface area contributed by atoms with E-state index in [1.807, 2.05) is 13.8 Å². The van der Waals surface area contributed by atoms with Crippen LogP contribution in [0.25, 0.3) is 0 Å². The number of aliphatic carboxylic acids is 1. The fourth-order valence-electron chi connectivity index (χ4n) is 2.34. The lowest BCUT2D eigenvalue weighted by Gasteiger charge is -2.36. The van der Waals surface area contributed by atoms with Crippen molar-refractivity contribution in [2.45, 2.75) is 33.6 Å². The summed E-state index contributed by atoms with van der Waals surface area (Å²) in [7, 11) is 0. The number of amides is 2. The minimum atomic E-state index is -0.877. The van der Waals surface area contributed by atoms with Crippen LogP contribution in [0, 0.1) is 11.8 Å². The fraction of sp³-hybridized carbons (Fsp3) is 0.786. The molecule has 20 heavy (non-hydrogen) atoms. The molecule has 0 aromatic rings. The maximum atomic E-state index is 12.0. The highest BCUT2D eigenvalue weighted by atomic mass is 16.4. The van der Waals surface area contributed by atoms with Crippen molar-refractivity contribution in [3.63, 3.8) is 0 Å². The molecule has 0 saturated carbocycles. The molecule has 1 fully saturated rings. The van der Waals surface area contributed by atoms with Gasteiger partial charge in [0.1, 0.15) is 0 Å². The molecule has 1 rings (SSSR count). The molecule has 1 aliphatic heterocycles. The number of hydrogen-bond acceptors (Lipinski definition) is 3. The summed E-state index contributed by atoms with van der Waals surface area (Å²) < 4.78 is 0. The normalized spacial score (nSPS) is 17.2. The van der Waals surface area contributed by atoms with E-state index in [-0.39, 0.29) is 36.5 Å². The van der Waals surface area contributed by atoms with Gasteiger partial charge in [-0.05, 0) is 5.92 Å². The SMILES string of the molecule is CC(CC(=O)O)CC(=O)N1CCN(C(=O)C(C)C)CC1. The van der Waals surface area contributed by atoms with Crippen molar-refractivity contribution >= 4 is 17.8 Å². The summed E-state index contributed by atoms with van der Waals surface area (Å²) in [6.45, 7) is 7.71. The van der Waals surface area contributed by atoms with Crippen LogP contribution >= 0.6 is 0 Å². The van der Waals surface area contributed by atoms with Crippen LogP contribution in [0.5, 0.6) is 0 Å². The second-order valence-corrected chi connectivity index (χ2v) is 5.77. The molecule has 2 amide bonds. The van der Waals surface area contributed by atoms with E-state index in [9.17, 15) is 14.4 Å². The molecule has 0 aromatic heterocycles. The lowest BCUT2D eigenvalue weighted by molar-refractivity contribution is -0.142. The zero-order chi connectivity index (χ0) is 15.3. The molecular formula is C14H24N2O4. The Morgan fingerprint density at radius 2 is 1.45 bits per heavy atom. The summed E-state index contributed by atoms with van der Waals surface area (Å²) in [5.74, 6) is -0.951. The van der Waals surface area contributed by atoms with Gasteiger partial charge < -0.3 is 14.9 Å². The number of carbonyl (C=O) groups excluding carboxylic acids is 2. The third kappa shape index (κ3) is 4.83. The van der Waals surface area contributed by atoms with Gasteiger partial charge in [0.05, 0.1) is 0 Å². The van der Waals surface area contributed by atoms with Crippen LogP contribution in [0.3, 0.4) is 0 Å². The van der Waals surface area contributed by atoms with E-state index in [4.69, 9.17) is 5.11 Å². The van der Waals surface area contributed by atoms with E-state index in [1.54, 1.807) is 16.7 Å². The molecule has 1 aliphatic rings. The van der Waals surface area contributed by atoms with E-state index in [1.165, 1.54) is 0 Å². The van der Waals surface area contributed by atoms with Gasteiger partial charge in [-0.3, -0.25) is 14.4 Å². The van der Waals surface area contributed by atoms with E-state index in [0.29, 0.717) is 26.2 Å². The molecule has 114 valence electrons. The van der Waals surface area contributed by atoms with E-state index >= 15 is 0 Å². The number of rotatable bonds is 5. The lowest BCUT2D eigenvalue weighted by Crippen LogP contribution is -2.51. The summed E-state index contributed by atoms with van der Waals surface area (Å²) in [5.41, 5.74) is 0. The van der Waals surface area contributed by atoms with E-state index in [2.05, 4.69) is 0 Å². The first-order chi connectivity index (χ1) is 9.31. The molecular weight excluding hydrogens is 260 g/mol. The van der Waals surface area contributed by atoms with Gasteiger partial charge in [0.25, 0.3) is 0 Å². The summed E-state index contributed by atoms with van der Waals surface area (Å²) in [6.07, 6.45) is 0.266. The Hall–Kier alpha value is -1.59. The van der Waals surface area contributed by atoms with Crippen molar-refractivity contribution in [1.82, 2.24) is 9.80 Å². The third-order valence-corrected chi connectivity index (χ3v) is 3.48. The van der Waals surface area contributed by atoms with E-state index < -0.39 is 5.97 Å². The highest BCUT2D eigenvalue weighted by molar-refractivity contribution is 5.80. The fourth-order valence-corrected chi connectivity index (χ4v) is 2.34. The van der Waals surface area contributed by atoms with Gasteiger partial charge in [0, 0.05) is 44.9 Å². The number of carboxylic acid groups (broad SMARTS) is 1. The van der Waals surface area contributed by atoms with Gasteiger partial charge >= 0.3 is 5.97 Å². The first kappa shape index (κ1) is 16.5. The molecule has 6 nitrogen and oxygen atoms in total. The summed E-state index contributed by atoms with van der Waals surface area (Å²) in [5, 5.41) is 8.69. The quantitative estimate of drug-likeness (QED) is 0.810. The number of carboxylic acids is 1. The molecule has 1 N–H and O–H groups in total. The second-order valence-electron chi connectivity index (χ2n) is 5.77. The Bertz CT molecular complexity index is 373. The van der Waals surface area contributed by atoms with Crippen molar-refractivity contribution in [2.75, 3.05) is 26.2 Å². The van der Waals surface area contributed by atoms with Crippen LogP contribution in [0.15, 0.2) is 0 Å². The Morgan fingerprint density at radius 1 is 0.950 bits per heavy atom. The zero-order valence-corrected chi connectivity index (χ0v) is 12.5. The summed E-state index contributed by atoms with van der Waals surface area (Å²) in [4.78, 5) is 38.0. The van der Waals surface area contributed by atoms with Gasteiger partial charge in [-0.2, -0.15) is 0 Å². The first-order valence-corrected chi connectivity index (χ1v) is 7.09. The van der Waals surface area contributed by atoms with Crippen LogP contribution in [-0.2, 0) is 14.4 Å². The first-order valence-electron chi connectivity index (χ1n) is 7.09. The van der Waals surface area contributed by atoms with Crippen LogP contribution in [-0.4, -0.2) is 58.9 Å². The number of hydrogen-bond donors (Lipinski definition) is 1. The van der Waals surface area contributed by atoms with Crippen molar-refractivity contribution < 1.29 is 19.5 Å². The molecule has 0 aliphatic carbocycles. The number of piperazine rings is 1. The van der Waals surface area contributed by atoms with Crippen LogP contribution in [0.1, 0.15) is 33.6 Å². The number of carbonyl (C=O) groups is 3. The molecule has 6 heteroatoms. The molecule has 1 heterocycles. The highest BCUT2D eigenvalue weighted by Crippen LogP contribution is 2.13. The molecule has 0 aromatic carbocycles. The summed E-state index contributed by atoms with van der Waals surface area (Å²) in [6, 6.07) is 0. The van der Waals surface area contributed by atoms with Crippen LogP contribution in [0.4, 0.5) is 0 Å². The standard InChI is InChI=1S/C14H24N2O4/c1-10(2)14(20)16-6-4-15(5-7-16)12(17)8-11(3)9-13(18)19/h10-11H,4-9H2,1-3H3,(H,18,19). The predicted molar refractivity (Wildman–Crippen MR) is 74.0 cm³/mol. The third-order valence-electron chi connectivity index (χ3n) is 3.48. The molecule has 1 unspecified atom stereocenters. The largest absolute Gasteiger partial charge is 0.481 e. The molecule has 0 radical (unpaired) electrons. The van der Waals surface area contributed by atoms with Crippen molar-refractivity contribution in [3.8, 4) is 0 Å². The molecule has 1 atom stereocenters. The summed E-state index contributed by atoms with van der Waals surface area (Å²) >= 11 is 0. The van der Waals surface area contributed by atoms with Crippen molar-refractivity contribution in [1.29, 1.82) is 0 Å². The minimum absolute atomic E-state index is 0.0114. The maximum absolute atomic E-state index is 12.0. The van der Waals surface area contributed by atoms with E-state index in [0.717, 1.165) is 0 Å². The maximum Gasteiger partial charge on any atom is 0.303 e. The average Bonchev–Trinajstić information content (AvgIpc) is 2.36. The van der Waals surface area contributed by atoms with Crippen LogP contribution < -0.4 is 0 Å². The van der Waals surface area contributed by atoms with Gasteiger partial charge in [-0.15, -0.1) is 0 Å². The van der Waals surface area contributed by atoms with Crippen molar-refractivity contribution in [3.05, 3.63) is 0 Å². The topological polar surface area (TPSA) is 77.9 Å². The monoisotopic (exact) mass is 284 g/mol. The molecule has 0 bridgehead atoms. The predicted octanol–water partition coefficient (Wildman–Crippen LogP) is 0.814. The van der Waals surface area contributed by atoms with Gasteiger partial charge in [0.15, 0.2) is 0 Å². The van der Waals surface area contributed by atoms with Gasteiger partial charge in [0.2, 0.25) is 11.8 Å². The zero-order valence-electron chi connectivity index (χ0n) is 12.5. The molecule has 1 saturated heterocycles. The van der Waals surface area contributed by atoms with Gasteiger partial charge in [-0.1, -0.05) is 20.8 Å². The Labute approximate surface area is 119 Å². The smallest absolute Gasteiger partial charge is 0.303 e. The number of nitrogens with zero attached hydrogens (tertiary/aromatic N) is 2. The Kier molecular flexibility index (Phi) is 5.98. The minimum Gasteiger partial charge on any atom is -0.481 e. The lowest BCUT2D eigenvalue weighted by atomic mass is 10.0. The second kappa shape index (κ2) is 7.26. The Balaban J connectivity index is 2.39. The van der Waals surface area contributed by atoms with Crippen LogP contribution in [0.2, 0.25) is 0 Å². The van der Waals surface area contributed by atoms with Crippen molar-refractivity contribution in [2.24, 2.45) is 11.8 Å². The van der Waals surface area contributed by atoms with Gasteiger partial charge in [-0.25, -0.2) is 0 Å².